The van der Waals surface area contributed by atoms with Crippen molar-refractivity contribution in [3.63, 3.8) is 0 Å². The SMILES string of the molecule is COc1cc(Nc2ncc(C(F)(F)F)c(C[C@@H]3Cc4ccccc4[C@H]3N(C)S(C)(=O)=O)n2)ccc1C(=O)CC1CCN(C)CC1. The first-order valence-electron chi connectivity index (χ1n) is 14.8. The number of sulfonamides is 1. The Morgan fingerprint density at radius 3 is 2.53 bits per heavy atom. The first kappa shape index (κ1) is 32.8. The van der Waals surface area contributed by atoms with Gasteiger partial charge in [0.05, 0.1) is 36.2 Å². The lowest BCUT2D eigenvalue weighted by atomic mass is 9.90. The van der Waals surface area contributed by atoms with Crippen molar-refractivity contribution in [3.05, 3.63) is 76.6 Å². The second kappa shape index (κ2) is 13.1. The maximum atomic E-state index is 14.1. The molecular formula is C32H38F3N5O4S. The number of fused-ring (bicyclic) bond motifs is 1. The molecule has 2 aromatic carbocycles. The molecule has 0 bridgehead atoms. The zero-order chi connectivity index (χ0) is 32.5. The number of halogens is 3. The summed E-state index contributed by atoms with van der Waals surface area (Å²) >= 11 is 0. The molecule has 1 N–H and O–H groups in total. The molecule has 13 heteroatoms. The van der Waals surface area contributed by atoms with E-state index in [1.165, 1.54) is 18.5 Å². The van der Waals surface area contributed by atoms with Crippen LogP contribution >= 0.6 is 0 Å². The van der Waals surface area contributed by atoms with E-state index in [4.69, 9.17) is 4.74 Å². The van der Waals surface area contributed by atoms with Crippen molar-refractivity contribution in [2.24, 2.45) is 11.8 Å². The number of likely N-dealkylation sites (tertiary alicyclic amines) is 1. The van der Waals surface area contributed by atoms with Gasteiger partial charge in [0.2, 0.25) is 16.0 Å². The van der Waals surface area contributed by atoms with Gasteiger partial charge in [0, 0.05) is 31.4 Å². The highest BCUT2D eigenvalue weighted by Crippen LogP contribution is 2.43. The van der Waals surface area contributed by atoms with Gasteiger partial charge in [-0.05, 0) is 80.9 Å². The lowest BCUT2D eigenvalue weighted by molar-refractivity contribution is -0.138. The summed E-state index contributed by atoms with van der Waals surface area (Å²) in [7, 11) is 1.33. The van der Waals surface area contributed by atoms with E-state index in [0.29, 0.717) is 35.8 Å². The number of rotatable bonds is 10. The third-order valence-electron chi connectivity index (χ3n) is 8.92. The number of nitrogens with zero attached hydrogens (tertiary/aromatic N) is 4. The van der Waals surface area contributed by atoms with Crippen molar-refractivity contribution < 1.29 is 31.1 Å². The summed E-state index contributed by atoms with van der Waals surface area (Å²) in [6, 6.07) is 11.6. The maximum Gasteiger partial charge on any atom is 0.419 e. The highest BCUT2D eigenvalue weighted by Gasteiger charge is 2.41. The van der Waals surface area contributed by atoms with Crippen molar-refractivity contribution in [1.29, 1.82) is 0 Å². The minimum atomic E-state index is -4.71. The van der Waals surface area contributed by atoms with Crippen molar-refractivity contribution in [1.82, 2.24) is 19.2 Å². The van der Waals surface area contributed by atoms with Gasteiger partial charge in [-0.1, -0.05) is 24.3 Å². The number of benzene rings is 2. The van der Waals surface area contributed by atoms with Gasteiger partial charge in [0.1, 0.15) is 5.75 Å². The number of ether oxygens (including phenoxy) is 1. The molecule has 0 radical (unpaired) electrons. The van der Waals surface area contributed by atoms with Gasteiger partial charge in [-0.25, -0.2) is 18.4 Å². The van der Waals surface area contributed by atoms with E-state index in [-0.39, 0.29) is 23.8 Å². The van der Waals surface area contributed by atoms with Crippen LogP contribution in [0.1, 0.15) is 58.0 Å². The number of alkyl halides is 3. The molecule has 9 nitrogen and oxygen atoms in total. The standard InChI is InChI=1S/C32H38F3N5O4S/c1-39-13-11-20(12-14-39)15-28(41)25-10-9-23(18-29(25)44-3)37-31-36-19-26(32(33,34)35)27(38-31)17-22-16-21-7-5-6-8-24(21)30(22)40(2)45(4,42)43/h5-10,18-20,22,30H,11-17H2,1-4H3,(H,36,37,38)/t22-,30-/m0/s1. The van der Waals surface area contributed by atoms with Crippen molar-refractivity contribution in [3.8, 4) is 5.75 Å². The summed E-state index contributed by atoms with van der Waals surface area (Å²) < 4.78 is 74.2. The molecule has 0 saturated carbocycles. The van der Waals surface area contributed by atoms with Gasteiger partial charge >= 0.3 is 6.18 Å². The maximum absolute atomic E-state index is 14.1. The second-order valence-electron chi connectivity index (χ2n) is 12.1. The number of ketones is 1. The van der Waals surface area contributed by atoms with Crippen molar-refractivity contribution >= 4 is 27.4 Å². The van der Waals surface area contributed by atoms with Crippen LogP contribution in [0.5, 0.6) is 5.75 Å². The molecular weight excluding hydrogens is 607 g/mol. The predicted octanol–water partition coefficient (Wildman–Crippen LogP) is 5.51. The van der Waals surface area contributed by atoms with Crippen LogP contribution in [0.2, 0.25) is 0 Å². The molecule has 45 heavy (non-hydrogen) atoms. The first-order valence-corrected chi connectivity index (χ1v) is 16.7. The summed E-state index contributed by atoms with van der Waals surface area (Å²) in [4.78, 5) is 23.6. The fourth-order valence-corrected chi connectivity index (χ4v) is 7.12. The van der Waals surface area contributed by atoms with E-state index >= 15 is 0 Å². The molecule has 1 aliphatic carbocycles. The smallest absolute Gasteiger partial charge is 0.419 e. The molecule has 0 unspecified atom stereocenters. The Morgan fingerprint density at radius 1 is 1.16 bits per heavy atom. The number of hydrogen-bond acceptors (Lipinski definition) is 8. The summed E-state index contributed by atoms with van der Waals surface area (Å²) in [5.41, 5.74) is 1.34. The molecule has 0 amide bonds. The molecule has 2 aliphatic rings. The number of anilines is 2. The third kappa shape index (κ3) is 7.47. The summed E-state index contributed by atoms with van der Waals surface area (Å²) in [6.45, 7) is 1.91. The summed E-state index contributed by atoms with van der Waals surface area (Å²) in [5.74, 6) is 0.0854. The first-order chi connectivity index (χ1) is 21.2. The Hall–Kier alpha value is -3.55. The van der Waals surface area contributed by atoms with Crippen LogP contribution in [0.25, 0.3) is 0 Å². The molecule has 242 valence electrons. The Balaban J connectivity index is 1.40. The Bertz CT molecular complexity index is 1660. The number of carbonyl (C=O) groups excluding carboxylic acids is 1. The van der Waals surface area contributed by atoms with E-state index in [1.807, 2.05) is 18.2 Å². The van der Waals surface area contributed by atoms with Gasteiger partial charge in [-0.3, -0.25) is 4.79 Å². The Kier molecular flexibility index (Phi) is 9.52. The molecule has 2 heterocycles. The van der Waals surface area contributed by atoms with Crippen LogP contribution in [0, 0.1) is 11.8 Å². The van der Waals surface area contributed by atoms with Gasteiger partial charge in [-0.2, -0.15) is 17.5 Å². The van der Waals surface area contributed by atoms with E-state index in [2.05, 4.69) is 27.2 Å². The molecule has 1 saturated heterocycles. The van der Waals surface area contributed by atoms with Crippen LogP contribution in [0.15, 0.2) is 48.7 Å². The molecule has 5 rings (SSSR count). The van der Waals surface area contributed by atoms with Gasteiger partial charge < -0.3 is 15.0 Å². The predicted molar refractivity (Wildman–Crippen MR) is 165 cm³/mol. The molecule has 0 spiro atoms. The molecule has 1 aromatic heterocycles. The van der Waals surface area contributed by atoms with Crippen molar-refractivity contribution in [2.45, 2.75) is 44.3 Å². The lowest BCUT2D eigenvalue weighted by Gasteiger charge is -2.29. The molecule has 2 atom stereocenters. The lowest BCUT2D eigenvalue weighted by Crippen LogP contribution is -2.34. The van der Waals surface area contributed by atoms with Crippen LogP contribution in [-0.4, -0.2) is 73.9 Å². The number of aromatic nitrogens is 2. The normalized spacial score (nSPS) is 19.5. The summed E-state index contributed by atoms with van der Waals surface area (Å²) in [5, 5.41) is 2.96. The topological polar surface area (TPSA) is 105 Å². The van der Waals surface area contributed by atoms with E-state index in [1.54, 1.807) is 24.3 Å². The monoisotopic (exact) mass is 645 g/mol. The Morgan fingerprint density at radius 2 is 1.87 bits per heavy atom. The fourth-order valence-electron chi connectivity index (χ4n) is 6.42. The number of piperidine rings is 1. The van der Waals surface area contributed by atoms with E-state index in [9.17, 15) is 26.4 Å². The number of nitrogens with one attached hydrogen (secondary N) is 1. The number of Topliss-reactive ketones (excluding diaryl/α,β-unsaturated/α-hetero) is 1. The highest BCUT2D eigenvalue weighted by molar-refractivity contribution is 7.88. The molecule has 1 aliphatic heterocycles. The van der Waals surface area contributed by atoms with E-state index < -0.39 is 33.7 Å². The van der Waals surface area contributed by atoms with Gasteiger partial charge in [0.25, 0.3) is 0 Å². The van der Waals surface area contributed by atoms with E-state index in [0.717, 1.165) is 49.5 Å². The third-order valence-corrected chi connectivity index (χ3v) is 10.2. The fraction of sp³-hybridized carbons (Fsp3) is 0.469. The second-order valence-corrected chi connectivity index (χ2v) is 14.1. The zero-order valence-electron chi connectivity index (χ0n) is 25.8. The summed E-state index contributed by atoms with van der Waals surface area (Å²) in [6.07, 6.45) is -0.279. The average molecular weight is 646 g/mol. The quantitative estimate of drug-likeness (QED) is 0.288. The van der Waals surface area contributed by atoms with Crippen LogP contribution in [-0.2, 0) is 29.0 Å². The van der Waals surface area contributed by atoms with Crippen LogP contribution in [0.3, 0.4) is 0 Å². The largest absolute Gasteiger partial charge is 0.496 e. The number of carbonyl (C=O) groups is 1. The minimum Gasteiger partial charge on any atom is -0.496 e. The number of hydrogen-bond donors (Lipinski definition) is 1. The number of methoxy groups -OCH3 is 1. The molecule has 3 aromatic rings. The highest BCUT2D eigenvalue weighted by atomic mass is 32.2. The zero-order valence-corrected chi connectivity index (χ0v) is 26.6. The Labute approximate surface area is 261 Å². The molecule has 1 fully saturated rings. The van der Waals surface area contributed by atoms with Crippen LogP contribution in [0.4, 0.5) is 24.8 Å². The van der Waals surface area contributed by atoms with Gasteiger partial charge in [-0.15, -0.1) is 0 Å². The minimum absolute atomic E-state index is 0.0211. The van der Waals surface area contributed by atoms with Crippen molar-refractivity contribution in [2.75, 3.05) is 45.9 Å². The van der Waals surface area contributed by atoms with Crippen LogP contribution < -0.4 is 10.1 Å². The van der Waals surface area contributed by atoms with Gasteiger partial charge in [0.15, 0.2) is 5.78 Å². The average Bonchev–Trinajstić information content (AvgIpc) is 3.34.